The molecule has 20 heavy (non-hydrogen) atoms. The molecular formula is C14H22ClN5. The van der Waals surface area contributed by atoms with E-state index in [2.05, 4.69) is 19.8 Å². The van der Waals surface area contributed by atoms with Crippen LogP contribution < -0.4 is 10.6 Å². The Hall–Kier alpha value is -1.07. The molecule has 0 aromatic carbocycles. The molecule has 2 aliphatic heterocycles. The molecule has 2 fully saturated rings. The van der Waals surface area contributed by atoms with E-state index >= 15 is 0 Å². The summed E-state index contributed by atoms with van der Waals surface area (Å²) in [7, 11) is 0. The first kappa shape index (κ1) is 13.9. The predicted octanol–water partition coefficient (Wildman–Crippen LogP) is 2.02. The SMILES string of the molecule is Nc1ncc(Cl)c(N2CCC(CN3CCCC3)CC2)n1. The van der Waals surface area contributed by atoms with Crippen LogP contribution >= 0.6 is 11.6 Å². The Balaban J connectivity index is 1.56. The van der Waals surface area contributed by atoms with Gasteiger partial charge in [-0.15, -0.1) is 0 Å². The topological polar surface area (TPSA) is 58.3 Å². The quantitative estimate of drug-likeness (QED) is 0.924. The Labute approximate surface area is 125 Å². The molecule has 1 aromatic rings. The van der Waals surface area contributed by atoms with Gasteiger partial charge in [0.25, 0.3) is 0 Å². The van der Waals surface area contributed by atoms with E-state index in [0.717, 1.165) is 24.8 Å². The van der Waals surface area contributed by atoms with E-state index in [1.165, 1.54) is 45.3 Å². The maximum Gasteiger partial charge on any atom is 0.222 e. The lowest BCUT2D eigenvalue weighted by Crippen LogP contribution is -2.38. The van der Waals surface area contributed by atoms with Crippen molar-refractivity contribution in [3.63, 3.8) is 0 Å². The Morgan fingerprint density at radius 3 is 2.60 bits per heavy atom. The maximum atomic E-state index is 6.17. The van der Waals surface area contributed by atoms with Gasteiger partial charge in [0.05, 0.1) is 6.20 Å². The fourth-order valence-corrected chi connectivity index (χ4v) is 3.46. The fraction of sp³-hybridized carbons (Fsp3) is 0.714. The van der Waals surface area contributed by atoms with Crippen molar-refractivity contribution >= 4 is 23.4 Å². The van der Waals surface area contributed by atoms with Crippen LogP contribution in [0.1, 0.15) is 25.7 Å². The number of nitrogens with zero attached hydrogens (tertiary/aromatic N) is 4. The summed E-state index contributed by atoms with van der Waals surface area (Å²) in [5.74, 6) is 1.89. The van der Waals surface area contributed by atoms with E-state index in [4.69, 9.17) is 17.3 Å². The highest BCUT2D eigenvalue weighted by Gasteiger charge is 2.24. The zero-order valence-electron chi connectivity index (χ0n) is 11.8. The summed E-state index contributed by atoms with van der Waals surface area (Å²) in [4.78, 5) is 13.0. The summed E-state index contributed by atoms with van der Waals surface area (Å²) in [6.07, 6.45) is 6.74. The highest BCUT2D eigenvalue weighted by atomic mass is 35.5. The van der Waals surface area contributed by atoms with Crippen LogP contribution in [-0.2, 0) is 0 Å². The van der Waals surface area contributed by atoms with E-state index in [9.17, 15) is 0 Å². The number of aromatic nitrogens is 2. The Kier molecular flexibility index (Phi) is 4.27. The summed E-state index contributed by atoms with van der Waals surface area (Å²) < 4.78 is 0. The molecule has 1 aromatic heterocycles. The number of piperidine rings is 1. The number of nitrogens with two attached hydrogens (primary N) is 1. The van der Waals surface area contributed by atoms with Crippen LogP contribution in [0.5, 0.6) is 0 Å². The molecule has 3 rings (SSSR count). The third kappa shape index (κ3) is 3.15. The molecule has 2 aliphatic rings. The van der Waals surface area contributed by atoms with Gasteiger partial charge in [0.1, 0.15) is 5.02 Å². The van der Waals surface area contributed by atoms with Gasteiger partial charge in [-0.3, -0.25) is 0 Å². The number of likely N-dealkylation sites (tertiary alicyclic amines) is 1. The second-order valence-corrected chi connectivity index (χ2v) is 6.25. The van der Waals surface area contributed by atoms with Gasteiger partial charge in [0.2, 0.25) is 5.95 Å². The summed E-state index contributed by atoms with van der Waals surface area (Å²) in [6.45, 7) is 5.85. The predicted molar refractivity (Wildman–Crippen MR) is 82.1 cm³/mol. The molecule has 0 amide bonds. The van der Waals surface area contributed by atoms with Crippen molar-refractivity contribution in [2.45, 2.75) is 25.7 Å². The normalized spacial score (nSPS) is 21.6. The second kappa shape index (κ2) is 6.14. The average molecular weight is 296 g/mol. The Bertz CT molecular complexity index is 453. The van der Waals surface area contributed by atoms with Crippen LogP contribution in [0.25, 0.3) is 0 Å². The lowest BCUT2D eigenvalue weighted by atomic mass is 9.96. The standard InChI is InChI=1S/C14H22ClN5/c15-12-9-17-14(16)18-13(12)20-7-3-11(4-8-20)10-19-5-1-2-6-19/h9,11H,1-8,10H2,(H2,16,17,18). The van der Waals surface area contributed by atoms with E-state index in [1.807, 2.05) is 0 Å². The van der Waals surface area contributed by atoms with E-state index in [-0.39, 0.29) is 0 Å². The van der Waals surface area contributed by atoms with Gasteiger partial charge in [0.15, 0.2) is 5.82 Å². The molecule has 5 nitrogen and oxygen atoms in total. The largest absolute Gasteiger partial charge is 0.368 e. The number of halogens is 1. The van der Waals surface area contributed by atoms with Crippen LogP contribution in [0.2, 0.25) is 5.02 Å². The Morgan fingerprint density at radius 2 is 1.90 bits per heavy atom. The summed E-state index contributed by atoms with van der Waals surface area (Å²) in [5.41, 5.74) is 5.66. The van der Waals surface area contributed by atoms with Crippen LogP contribution in [-0.4, -0.2) is 47.6 Å². The third-order valence-corrected chi connectivity index (χ3v) is 4.64. The first-order chi connectivity index (χ1) is 9.72. The zero-order valence-corrected chi connectivity index (χ0v) is 12.5. The van der Waals surface area contributed by atoms with Crippen molar-refractivity contribution in [1.82, 2.24) is 14.9 Å². The molecule has 2 N–H and O–H groups in total. The molecule has 0 unspecified atom stereocenters. The van der Waals surface area contributed by atoms with Crippen LogP contribution in [0.15, 0.2) is 6.20 Å². The van der Waals surface area contributed by atoms with Gasteiger partial charge in [0, 0.05) is 19.6 Å². The van der Waals surface area contributed by atoms with Gasteiger partial charge < -0.3 is 15.5 Å². The van der Waals surface area contributed by atoms with Crippen molar-refractivity contribution in [3.05, 3.63) is 11.2 Å². The van der Waals surface area contributed by atoms with Crippen LogP contribution in [0.4, 0.5) is 11.8 Å². The number of rotatable bonds is 3. The lowest BCUT2D eigenvalue weighted by molar-refractivity contribution is 0.249. The molecule has 0 saturated carbocycles. The van der Waals surface area contributed by atoms with Gasteiger partial charge in [-0.2, -0.15) is 4.98 Å². The molecule has 2 saturated heterocycles. The molecule has 110 valence electrons. The number of nitrogen functional groups attached to an aromatic ring is 1. The molecule has 0 atom stereocenters. The van der Waals surface area contributed by atoms with Crippen LogP contribution in [0.3, 0.4) is 0 Å². The minimum absolute atomic E-state index is 0.295. The highest BCUT2D eigenvalue weighted by Crippen LogP contribution is 2.28. The molecule has 3 heterocycles. The molecule has 0 radical (unpaired) electrons. The average Bonchev–Trinajstić information content (AvgIpc) is 2.95. The van der Waals surface area contributed by atoms with Crippen molar-refractivity contribution in [2.75, 3.05) is 43.4 Å². The molecule has 0 aliphatic carbocycles. The van der Waals surface area contributed by atoms with Crippen molar-refractivity contribution in [3.8, 4) is 0 Å². The Morgan fingerprint density at radius 1 is 1.20 bits per heavy atom. The molecule has 0 bridgehead atoms. The first-order valence-corrected chi connectivity index (χ1v) is 7.85. The van der Waals surface area contributed by atoms with Gasteiger partial charge in [-0.05, 0) is 44.7 Å². The third-order valence-electron chi connectivity index (χ3n) is 4.37. The number of hydrogen-bond acceptors (Lipinski definition) is 5. The number of anilines is 2. The summed E-state index contributed by atoms with van der Waals surface area (Å²) >= 11 is 6.17. The van der Waals surface area contributed by atoms with Crippen molar-refractivity contribution in [1.29, 1.82) is 0 Å². The highest BCUT2D eigenvalue weighted by molar-refractivity contribution is 6.32. The summed E-state index contributed by atoms with van der Waals surface area (Å²) in [6, 6.07) is 0. The molecule has 0 spiro atoms. The first-order valence-electron chi connectivity index (χ1n) is 7.47. The zero-order chi connectivity index (χ0) is 13.9. The van der Waals surface area contributed by atoms with Crippen LogP contribution in [0, 0.1) is 5.92 Å². The van der Waals surface area contributed by atoms with E-state index < -0.39 is 0 Å². The maximum absolute atomic E-state index is 6.17. The molecular weight excluding hydrogens is 274 g/mol. The smallest absolute Gasteiger partial charge is 0.222 e. The summed E-state index contributed by atoms with van der Waals surface area (Å²) in [5, 5.41) is 0.595. The van der Waals surface area contributed by atoms with E-state index in [0.29, 0.717) is 11.0 Å². The van der Waals surface area contributed by atoms with Crippen molar-refractivity contribution in [2.24, 2.45) is 5.92 Å². The fourth-order valence-electron chi connectivity index (χ4n) is 3.25. The van der Waals surface area contributed by atoms with Gasteiger partial charge in [-0.25, -0.2) is 4.98 Å². The van der Waals surface area contributed by atoms with Crippen molar-refractivity contribution < 1.29 is 0 Å². The lowest BCUT2D eigenvalue weighted by Gasteiger charge is -2.34. The second-order valence-electron chi connectivity index (χ2n) is 5.84. The van der Waals surface area contributed by atoms with Gasteiger partial charge in [-0.1, -0.05) is 11.6 Å². The minimum atomic E-state index is 0.295. The molecule has 6 heteroatoms. The monoisotopic (exact) mass is 295 g/mol. The number of hydrogen-bond donors (Lipinski definition) is 1. The van der Waals surface area contributed by atoms with E-state index in [1.54, 1.807) is 6.20 Å². The minimum Gasteiger partial charge on any atom is -0.368 e. The van der Waals surface area contributed by atoms with Gasteiger partial charge >= 0.3 is 0 Å².